The quantitative estimate of drug-likeness (QED) is 0.0859. The molecule has 1 aromatic carbocycles. The van der Waals surface area contributed by atoms with E-state index in [1.54, 1.807) is 0 Å². The first kappa shape index (κ1) is 36.2. The number of imidazole rings is 1. The van der Waals surface area contributed by atoms with Gasteiger partial charge in [0, 0.05) is 50.3 Å². The monoisotopic (exact) mass is 666 g/mol. The molecule has 2 aromatic heterocycles. The van der Waals surface area contributed by atoms with Crippen LogP contribution in [-0.4, -0.2) is 58.0 Å². The summed E-state index contributed by atoms with van der Waals surface area (Å²) in [5.41, 5.74) is 3.28. The fraction of sp³-hybridized carbons (Fsp3) is 0.528. The zero-order valence-corrected chi connectivity index (χ0v) is 28.8. The van der Waals surface area contributed by atoms with Crippen molar-refractivity contribution in [3.05, 3.63) is 57.8 Å². The Morgan fingerprint density at radius 2 is 1.98 bits per heavy atom. The van der Waals surface area contributed by atoms with Crippen LogP contribution in [-0.2, 0) is 17.9 Å². The molecular formula is C36H48F2N6O2S. The largest absolute Gasteiger partial charge is 0.352 e. The molecule has 2 atom stereocenters. The number of aromatic nitrogens is 2. The van der Waals surface area contributed by atoms with E-state index in [0.717, 1.165) is 73.0 Å². The van der Waals surface area contributed by atoms with Gasteiger partial charge in [0.1, 0.15) is 0 Å². The molecular weight excluding hydrogens is 618 g/mol. The number of terminal acetylenes is 1. The second-order valence-corrected chi connectivity index (χ2v) is 14.6. The number of likely N-dealkylation sites (tertiary alicyclic amines) is 1. The number of hydrogen-bond acceptors (Lipinski definition) is 6. The van der Waals surface area contributed by atoms with Crippen molar-refractivity contribution in [1.29, 1.82) is 0 Å². The second-order valence-electron chi connectivity index (χ2n) is 13.4. The first-order valence-electron chi connectivity index (χ1n) is 16.4. The molecule has 1 fully saturated rings. The van der Waals surface area contributed by atoms with Crippen LogP contribution in [0.4, 0.5) is 14.7 Å². The van der Waals surface area contributed by atoms with Crippen LogP contribution < -0.4 is 16.0 Å². The number of halogens is 2. The molecule has 0 aliphatic carbocycles. The Kier molecular flexibility index (Phi) is 12.7. The molecule has 3 aromatic rings. The summed E-state index contributed by atoms with van der Waals surface area (Å²) in [5, 5.41) is 9.46. The molecule has 3 N–H and O–H groups in total. The summed E-state index contributed by atoms with van der Waals surface area (Å²) >= 11 is 0.777. The molecule has 3 heterocycles. The van der Waals surface area contributed by atoms with E-state index in [1.807, 2.05) is 16.7 Å². The summed E-state index contributed by atoms with van der Waals surface area (Å²) in [6.07, 6.45) is 8.09. The van der Waals surface area contributed by atoms with Crippen LogP contribution in [0.3, 0.4) is 0 Å². The molecule has 1 aliphatic heterocycles. The number of fused-ring (bicyclic) bond motifs is 1. The van der Waals surface area contributed by atoms with E-state index < -0.39 is 12.3 Å². The highest BCUT2D eigenvalue weighted by atomic mass is 32.1. The predicted molar refractivity (Wildman–Crippen MR) is 187 cm³/mol. The van der Waals surface area contributed by atoms with Gasteiger partial charge in [0.25, 0.3) is 12.3 Å². The molecule has 4 rings (SSSR count). The van der Waals surface area contributed by atoms with Gasteiger partial charge in [0.05, 0.1) is 20.8 Å². The lowest BCUT2D eigenvalue weighted by molar-refractivity contribution is -0.117. The minimum absolute atomic E-state index is 0.0810. The summed E-state index contributed by atoms with van der Waals surface area (Å²) in [6.45, 7) is 15.9. The van der Waals surface area contributed by atoms with Crippen molar-refractivity contribution in [2.24, 2.45) is 5.41 Å². The Balaban J connectivity index is 1.51. The number of carbonyl (C=O) groups is 2. The van der Waals surface area contributed by atoms with Gasteiger partial charge in [-0.15, -0.1) is 23.7 Å². The maximum absolute atomic E-state index is 13.2. The fourth-order valence-corrected chi connectivity index (χ4v) is 6.35. The third-order valence-electron chi connectivity index (χ3n) is 8.91. The van der Waals surface area contributed by atoms with Crippen LogP contribution in [0.5, 0.6) is 0 Å². The van der Waals surface area contributed by atoms with Gasteiger partial charge in [-0.3, -0.25) is 19.8 Å². The first-order chi connectivity index (χ1) is 22.4. The fourth-order valence-electron chi connectivity index (χ4n) is 5.59. The van der Waals surface area contributed by atoms with Crippen LogP contribution in [0.1, 0.15) is 92.8 Å². The van der Waals surface area contributed by atoms with Crippen LogP contribution in [0.2, 0.25) is 0 Å². The van der Waals surface area contributed by atoms with E-state index in [9.17, 15) is 18.4 Å². The average molecular weight is 667 g/mol. The maximum Gasteiger partial charge on any atom is 0.272 e. The Hall–Kier alpha value is -3.59. The van der Waals surface area contributed by atoms with Gasteiger partial charge in [-0.25, -0.2) is 13.8 Å². The van der Waals surface area contributed by atoms with Crippen molar-refractivity contribution in [2.45, 2.75) is 97.8 Å². The van der Waals surface area contributed by atoms with E-state index in [1.165, 1.54) is 12.1 Å². The number of hydrogen-bond donors (Lipinski definition) is 3. The zero-order valence-electron chi connectivity index (χ0n) is 28.0. The summed E-state index contributed by atoms with van der Waals surface area (Å²) < 4.78 is 28.4. The van der Waals surface area contributed by atoms with Gasteiger partial charge < -0.3 is 15.2 Å². The molecule has 0 unspecified atom stereocenters. The van der Waals surface area contributed by atoms with E-state index in [4.69, 9.17) is 11.4 Å². The van der Waals surface area contributed by atoms with Gasteiger partial charge in [-0.2, -0.15) is 0 Å². The molecule has 1 aliphatic rings. The Morgan fingerprint density at radius 1 is 1.19 bits per heavy atom. The van der Waals surface area contributed by atoms with Gasteiger partial charge in [0.2, 0.25) is 11.9 Å². The highest BCUT2D eigenvalue weighted by molar-refractivity contribution is 7.14. The van der Waals surface area contributed by atoms with E-state index in [0.29, 0.717) is 43.7 Å². The topological polar surface area (TPSA) is 91.3 Å². The summed E-state index contributed by atoms with van der Waals surface area (Å²) in [7, 11) is 0. The van der Waals surface area contributed by atoms with Crippen LogP contribution in [0, 0.1) is 17.8 Å². The van der Waals surface area contributed by atoms with Crippen LogP contribution in [0.25, 0.3) is 11.0 Å². The number of thiophene rings is 1. The number of anilines is 1. The van der Waals surface area contributed by atoms with Gasteiger partial charge in [0.15, 0.2) is 0 Å². The van der Waals surface area contributed by atoms with E-state index >= 15 is 0 Å². The third-order valence-corrected chi connectivity index (χ3v) is 10.00. The predicted octanol–water partition coefficient (Wildman–Crippen LogP) is 7.14. The second kappa shape index (κ2) is 16.5. The van der Waals surface area contributed by atoms with Crippen molar-refractivity contribution in [1.82, 2.24) is 25.1 Å². The van der Waals surface area contributed by atoms with E-state index in [-0.39, 0.29) is 27.1 Å². The highest BCUT2D eigenvalue weighted by Gasteiger charge is 2.29. The van der Waals surface area contributed by atoms with Crippen molar-refractivity contribution in [3.63, 3.8) is 0 Å². The minimum atomic E-state index is -2.64. The molecule has 2 amide bonds. The SMILES string of the molecule is C#CCCCCCNC(=O)C(=C)CN1CCC[C@@H]1Cn1c(NC(=O)c2ccc(C(F)F)s2)nc2cc(CN[C@@H](C)C(C)(C)C)ccc21. The van der Waals surface area contributed by atoms with Gasteiger partial charge >= 0.3 is 0 Å². The molecule has 0 bridgehead atoms. The Labute approximate surface area is 281 Å². The molecule has 1 saturated heterocycles. The van der Waals surface area contributed by atoms with Crippen molar-refractivity contribution < 1.29 is 18.4 Å². The van der Waals surface area contributed by atoms with Gasteiger partial charge in [-0.05, 0) is 74.4 Å². The Morgan fingerprint density at radius 3 is 2.68 bits per heavy atom. The number of amides is 2. The molecule has 254 valence electrons. The number of unbranched alkanes of at least 4 members (excludes halogenated alkanes) is 3. The molecule has 8 nitrogen and oxygen atoms in total. The summed E-state index contributed by atoms with van der Waals surface area (Å²) in [4.78, 5) is 33.1. The van der Waals surface area contributed by atoms with Crippen molar-refractivity contribution >= 4 is 40.1 Å². The number of alkyl halides is 2. The van der Waals surface area contributed by atoms with Crippen molar-refractivity contribution in [3.8, 4) is 12.3 Å². The standard InChI is InChI=1S/C36H48F2N6O2S/c1-7-8-9-10-11-18-39-33(45)24(2)22-43-19-12-13-27(43)23-44-29-15-14-26(21-40-25(3)36(4,5)6)20-28(29)41-35(44)42-34(46)31-17-16-30(47-31)32(37)38/h1,14-17,20,25,27,32,40H,2,8-13,18-19,21-23H2,3-6H3,(H,39,45)(H,41,42,46)/t25-,27+/m0/s1. The zero-order chi connectivity index (χ0) is 34.1. The van der Waals surface area contributed by atoms with E-state index in [2.05, 4.69) is 67.1 Å². The van der Waals surface area contributed by atoms with Crippen LogP contribution >= 0.6 is 11.3 Å². The normalized spacial score (nSPS) is 16.0. The smallest absolute Gasteiger partial charge is 0.272 e. The highest BCUT2D eigenvalue weighted by Crippen LogP contribution is 2.30. The average Bonchev–Trinajstić information content (AvgIpc) is 3.77. The summed E-state index contributed by atoms with van der Waals surface area (Å²) in [6, 6.07) is 9.18. The molecule has 0 radical (unpaired) electrons. The molecule has 47 heavy (non-hydrogen) atoms. The molecule has 11 heteroatoms. The van der Waals surface area contributed by atoms with Crippen molar-refractivity contribution in [2.75, 3.05) is 25.0 Å². The minimum Gasteiger partial charge on any atom is -0.352 e. The van der Waals surface area contributed by atoms with Crippen LogP contribution in [0.15, 0.2) is 42.5 Å². The lowest BCUT2D eigenvalue weighted by Gasteiger charge is -2.28. The number of nitrogens with one attached hydrogen (secondary N) is 3. The van der Waals surface area contributed by atoms with Gasteiger partial charge in [-0.1, -0.05) is 39.8 Å². The number of benzene rings is 1. The third kappa shape index (κ3) is 9.95. The number of carbonyl (C=O) groups excluding carboxylic acids is 2. The Bertz CT molecular complexity index is 1580. The lowest BCUT2D eigenvalue weighted by atomic mass is 9.88. The lowest BCUT2D eigenvalue weighted by Crippen LogP contribution is -2.38. The first-order valence-corrected chi connectivity index (χ1v) is 17.2. The number of rotatable bonds is 16. The number of nitrogens with zero attached hydrogens (tertiary/aromatic N) is 3. The maximum atomic E-state index is 13.2. The summed E-state index contributed by atoms with van der Waals surface area (Å²) in [5.74, 6) is 2.37. The molecule has 0 saturated carbocycles. The molecule has 0 spiro atoms.